The van der Waals surface area contributed by atoms with Gasteiger partial charge in [-0.25, -0.2) is 0 Å². The second kappa shape index (κ2) is 9.61. The number of nitrogens with zero attached hydrogens (tertiary/aromatic N) is 1. The molecule has 2 aliphatic rings. The molecule has 0 saturated heterocycles. The summed E-state index contributed by atoms with van der Waals surface area (Å²) in [5.74, 6) is 0.313. The van der Waals surface area contributed by atoms with Crippen LogP contribution in [0.3, 0.4) is 0 Å². The largest absolute Gasteiger partial charge is 0.458 e. The Kier molecular flexibility index (Phi) is 7.91. The maximum absolute atomic E-state index is 12.5. The fraction of sp³-hybridized carbons (Fsp3) is 0.826. The molecule has 0 spiro atoms. The highest BCUT2D eigenvalue weighted by Gasteiger charge is 2.52. The van der Waals surface area contributed by atoms with Crippen LogP contribution < -0.4 is 0 Å². The van der Waals surface area contributed by atoms with Gasteiger partial charge in [0.25, 0.3) is 0 Å². The van der Waals surface area contributed by atoms with E-state index in [-0.39, 0.29) is 54.3 Å². The Labute approximate surface area is 175 Å². The van der Waals surface area contributed by atoms with Crippen molar-refractivity contribution in [2.24, 2.45) is 23.7 Å². The number of amides is 1. The standard InChI is InChI=1S/C23H39NO5/c1-14(2)24(22(26)13-28-7)12-16(4)19-9-8-17(5)23(27)11-21(29-18(6)25)15(3)10-20(19)23/h10,14,16-17,19-21,27H,8-9,11-13H2,1-7H3/t16-,17-,19+,20-,21-,23-/m1/s1. The maximum atomic E-state index is 12.5. The summed E-state index contributed by atoms with van der Waals surface area (Å²) in [5.41, 5.74) is 0.119. The monoisotopic (exact) mass is 409 g/mol. The minimum atomic E-state index is -0.893. The van der Waals surface area contributed by atoms with Crippen molar-refractivity contribution in [1.82, 2.24) is 4.90 Å². The van der Waals surface area contributed by atoms with E-state index >= 15 is 0 Å². The molecule has 0 aromatic rings. The second-order valence-corrected chi connectivity index (χ2v) is 9.42. The average Bonchev–Trinajstić information content (AvgIpc) is 2.61. The Morgan fingerprint density at radius 1 is 1.31 bits per heavy atom. The third kappa shape index (κ3) is 5.21. The number of carbonyl (C=O) groups is 2. The van der Waals surface area contributed by atoms with Crippen LogP contribution in [0.2, 0.25) is 0 Å². The summed E-state index contributed by atoms with van der Waals surface area (Å²) in [6.07, 6.45) is 4.16. The molecule has 0 aliphatic heterocycles. The first-order chi connectivity index (χ1) is 13.5. The molecule has 1 amide bonds. The van der Waals surface area contributed by atoms with Gasteiger partial charge in [0.2, 0.25) is 5.91 Å². The lowest BCUT2D eigenvalue weighted by Crippen LogP contribution is -2.56. The number of hydrogen-bond donors (Lipinski definition) is 1. The number of rotatable bonds is 7. The number of fused-ring (bicyclic) bond motifs is 1. The van der Waals surface area contributed by atoms with Gasteiger partial charge in [-0.3, -0.25) is 9.59 Å². The van der Waals surface area contributed by atoms with Crippen LogP contribution in [0.5, 0.6) is 0 Å². The third-order valence-electron chi connectivity index (χ3n) is 7.02. The Morgan fingerprint density at radius 3 is 2.52 bits per heavy atom. The normalized spacial score (nSPS) is 32.9. The lowest BCUT2D eigenvalue weighted by Gasteiger charge is -2.53. The highest BCUT2D eigenvalue weighted by Crippen LogP contribution is 2.51. The first-order valence-electron chi connectivity index (χ1n) is 10.9. The minimum absolute atomic E-state index is 0.000373. The SMILES string of the molecule is COCC(=O)N(C[C@@H](C)[C@@H]1CC[C@@H](C)[C@]2(O)C[C@@H](OC(C)=O)C(C)=C[C@H]12)C(C)C. The Hall–Kier alpha value is -1.40. The van der Waals surface area contributed by atoms with E-state index in [2.05, 4.69) is 19.9 Å². The molecule has 6 nitrogen and oxygen atoms in total. The molecule has 0 unspecified atom stereocenters. The van der Waals surface area contributed by atoms with E-state index in [1.54, 1.807) is 0 Å². The lowest BCUT2D eigenvalue weighted by atomic mass is 9.57. The first-order valence-corrected chi connectivity index (χ1v) is 10.9. The first kappa shape index (κ1) is 23.9. The zero-order valence-electron chi connectivity index (χ0n) is 19.1. The van der Waals surface area contributed by atoms with Crippen molar-refractivity contribution in [1.29, 1.82) is 0 Å². The van der Waals surface area contributed by atoms with Crippen molar-refractivity contribution in [3.63, 3.8) is 0 Å². The van der Waals surface area contributed by atoms with Crippen molar-refractivity contribution in [2.45, 2.75) is 78.6 Å². The van der Waals surface area contributed by atoms with Gasteiger partial charge in [-0.1, -0.05) is 19.9 Å². The van der Waals surface area contributed by atoms with Crippen molar-refractivity contribution >= 4 is 11.9 Å². The summed E-state index contributed by atoms with van der Waals surface area (Å²) in [6, 6.07) is 0.0958. The molecular formula is C23H39NO5. The lowest BCUT2D eigenvalue weighted by molar-refractivity contribution is -0.159. The number of hydrogen-bond acceptors (Lipinski definition) is 5. The van der Waals surface area contributed by atoms with Gasteiger partial charge in [-0.15, -0.1) is 0 Å². The van der Waals surface area contributed by atoms with Gasteiger partial charge in [0.05, 0.1) is 5.60 Å². The van der Waals surface area contributed by atoms with Crippen LogP contribution in [0.25, 0.3) is 0 Å². The van der Waals surface area contributed by atoms with Crippen molar-refractivity contribution in [3.05, 3.63) is 11.6 Å². The van der Waals surface area contributed by atoms with Gasteiger partial charge in [0, 0.05) is 39.0 Å². The molecule has 0 heterocycles. The van der Waals surface area contributed by atoms with Crippen LogP contribution in [0.15, 0.2) is 11.6 Å². The van der Waals surface area contributed by atoms with Crippen LogP contribution in [0.1, 0.15) is 60.8 Å². The van der Waals surface area contributed by atoms with E-state index in [0.29, 0.717) is 13.0 Å². The molecule has 0 aromatic carbocycles. The highest BCUT2D eigenvalue weighted by molar-refractivity contribution is 5.77. The van der Waals surface area contributed by atoms with E-state index in [9.17, 15) is 14.7 Å². The van der Waals surface area contributed by atoms with Crippen molar-refractivity contribution in [3.8, 4) is 0 Å². The molecule has 0 bridgehead atoms. The highest BCUT2D eigenvalue weighted by atomic mass is 16.5. The van der Waals surface area contributed by atoms with E-state index in [4.69, 9.17) is 9.47 Å². The topological polar surface area (TPSA) is 76.1 Å². The summed E-state index contributed by atoms with van der Waals surface area (Å²) in [5, 5.41) is 11.7. The molecule has 1 saturated carbocycles. The van der Waals surface area contributed by atoms with Gasteiger partial charge >= 0.3 is 5.97 Å². The van der Waals surface area contributed by atoms with Crippen LogP contribution in [0, 0.1) is 23.7 Å². The van der Waals surface area contributed by atoms with Crippen LogP contribution in [-0.2, 0) is 19.1 Å². The van der Waals surface area contributed by atoms with Crippen LogP contribution in [0.4, 0.5) is 0 Å². The summed E-state index contributed by atoms with van der Waals surface area (Å²) in [4.78, 5) is 25.9. The van der Waals surface area contributed by atoms with Gasteiger partial charge in [0.1, 0.15) is 12.7 Å². The van der Waals surface area contributed by atoms with E-state index in [1.165, 1.54) is 14.0 Å². The molecule has 6 heteroatoms. The zero-order valence-corrected chi connectivity index (χ0v) is 19.1. The van der Waals surface area contributed by atoms with Gasteiger partial charge in [-0.05, 0) is 56.9 Å². The minimum Gasteiger partial charge on any atom is -0.458 e. The Balaban J connectivity index is 2.25. The zero-order chi connectivity index (χ0) is 21.9. The molecule has 2 rings (SSSR count). The molecule has 166 valence electrons. The summed E-state index contributed by atoms with van der Waals surface area (Å²) in [7, 11) is 1.54. The smallest absolute Gasteiger partial charge is 0.303 e. The number of carbonyl (C=O) groups excluding carboxylic acids is 2. The van der Waals surface area contributed by atoms with Crippen molar-refractivity contribution in [2.75, 3.05) is 20.3 Å². The summed E-state index contributed by atoms with van der Waals surface area (Å²) >= 11 is 0. The Bertz CT molecular complexity index is 631. The molecule has 2 aliphatic carbocycles. The predicted molar refractivity (Wildman–Crippen MR) is 112 cm³/mol. The predicted octanol–water partition coefficient (Wildman–Crippen LogP) is 3.18. The van der Waals surface area contributed by atoms with Gasteiger partial charge < -0.3 is 19.5 Å². The third-order valence-corrected chi connectivity index (χ3v) is 7.02. The quantitative estimate of drug-likeness (QED) is 0.516. The van der Waals surface area contributed by atoms with Crippen LogP contribution in [-0.4, -0.2) is 59.9 Å². The van der Waals surface area contributed by atoms with Gasteiger partial charge in [-0.2, -0.15) is 0 Å². The average molecular weight is 410 g/mol. The van der Waals surface area contributed by atoms with Crippen molar-refractivity contribution < 1.29 is 24.2 Å². The number of methoxy groups -OCH3 is 1. The summed E-state index contributed by atoms with van der Waals surface area (Å²) < 4.78 is 10.5. The number of esters is 1. The van der Waals surface area contributed by atoms with E-state index < -0.39 is 5.60 Å². The molecule has 29 heavy (non-hydrogen) atoms. The molecule has 6 atom stereocenters. The number of aliphatic hydroxyl groups is 1. The maximum Gasteiger partial charge on any atom is 0.303 e. The summed E-state index contributed by atoms with van der Waals surface area (Å²) in [6.45, 7) is 12.4. The molecule has 0 radical (unpaired) electrons. The molecule has 0 aromatic heterocycles. The van der Waals surface area contributed by atoms with E-state index in [1.807, 2.05) is 25.7 Å². The fourth-order valence-corrected chi connectivity index (χ4v) is 5.25. The second-order valence-electron chi connectivity index (χ2n) is 9.42. The fourth-order valence-electron chi connectivity index (χ4n) is 5.25. The number of ether oxygens (including phenoxy) is 2. The Morgan fingerprint density at radius 2 is 1.97 bits per heavy atom. The van der Waals surface area contributed by atoms with Gasteiger partial charge in [0.15, 0.2) is 0 Å². The molecule has 1 N–H and O–H groups in total. The van der Waals surface area contributed by atoms with Crippen LogP contribution >= 0.6 is 0 Å². The molecule has 1 fully saturated rings. The van der Waals surface area contributed by atoms with E-state index in [0.717, 1.165) is 18.4 Å². The molecular weight excluding hydrogens is 370 g/mol.